The molecule has 6 nitrogen and oxygen atoms in total. The lowest BCUT2D eigenvalue weighted by Gasteiger charge is -2.30. The maximum absolute atomic E-state index is 11.8. The third-order valence-corrected chi connectivity index (χ3v) is 6.76. The van der Waals surface area contributed by atoms with Crippen LogP contribution in [-0.4, -0.2) is 42.9 Å². The molecule has 7 heteroatoms. The van der Waals surface area contributed by atoms with Crippen LogP contribution in [0.2, 0.25) is 0 Å². The molecule has 3 heterocycles. The van der Waals surface area contributed by atoms with Crippen LogP contribution in [0.4, 0.5) is 5.69 Å². The van der Waals surface area contributed by atoms with E-state index >= 15 is 0 Å². The normalized spacial score (nSPS) is 25.3. The second kappa shape index (κ2) is 5.51. The van der Waals surface area contributed by atoms with Gasteiger partial charge in [-0.1, -0.05) is 12.1 Å². The van der Waals surface area contributed by atoms with E-state index in [1.54, 1.807) is 0 Å². The van der Waals surface area contributed by atoms with Crippen LogP contribution in [0.15, 0.2) is 36.7 Å². The van der Waals surface area contributed by atoms with Crippen LogP contribution in [0.1, 0.15) is 18.9 Å². The minimum atomic E-state index is -2.95. The first-order chi connectivity index (χ1) is 11.5. The van der Waals surface area contributed by atoms with Gasteiger partial charge in [-0.05, 0) is 25.5 Å². The van der Waals surface area contributed by atoms with Gasteiger partial charge in [-0.3, -0.25) is 4.68 Å². The molecule has 128 valence electrons. The molecule has 0 spiro atoms. The van der Waals surface area contributed by atoms with E-state index in [2.05, 4.69) is 16.1 Å². The predicted molar refractivity (Wildman–Crippen MR) is 92.1 cm³/mol. The highest BCUT2D eigenvalue weighted by Gasteiger charge is 2.40. The van der Waals surface area contributed by atoms with Crippen molar-refractivity contribution >= 4 is 15.5 Å². The molecule has 24 heavy (non-hydrogen) atoms. The Morgan fingerprint density at radius 1 is 1.33 bits per heavy atom. The Morgan fingerprint density at radius 3 is 2.96 bits per heavy atom. The summed E-state index contributed by atoms with van der Waals surface area (Å²) < 4.78 is 31.2. The fourth-order valence-electron chi connectivity index (χ4n) is 3.52. The third-order valence-electron chi connectivity index (χ3n) is 4.87. The van der Waals surface area contributed by atoms with Crippen molar-refractivity contribution in [2.24, 2.45) is 0 Å². The van der Waals surface area contributed by atoms with Gasteiger partial charge in [-0.2, -0.15) is 5.10 Å². The summed E-state index contributed by atoms with van der Waals surface area (Å²) in [4.78, 5) is 2.27. The molecule has 1 fully saturated rings. The average molecular weight is 347 g/mol. The topological polar surface area (TPSA) is 64.4 Å². The maximum atomic E-state index is 11.8. The van der Waals surface area contributed by atoms with Gasteiger partial charge in [0.1, 0.15) is 12.4 Å². The summed E-state index contributed by atoms with van der Waals surface area (Å²) in [6.45, 7) is 4.20. The van der Waals surface area contributed by atoms with Crippen LogP contribution in [0.3, 0.4) is 0 Å². The lowest BCUT2D eigenvalue weighted by atomic mass is 10.0. The first kappa shape index (κ1) is 15.5. The lowest BCUT2D eigenvalue weighted by Crippen LogP contribution is -2.32. The van der Waals surface area contributed by atoms with Crippen LogP contribution in [-0.2, 0) is 21.9 Å². The molecule has 0 amide bonds. The molecule has 4 rings (SSSR count). The van der Waals surface area contributed by atoms with Crippen molar-refractivity contribution in [3.8, 4) is 5.75 Å². The first-order valence-corrected chi connectivity index (χ1v) is 9.99. The summed E-state index contributed by atoms with van der Waals surface area (Å²) in [5, 5.41) is 4.45. The number of ether oxygens (including phenoxy) is 1. The number of para-hydroxylation sites is 2. The monoisotopic (exact) mass is 347 g/mol. The van der Waals surface area contributed by atoms with Gasteiger partial charge in [-0.25, -0.2) is 8.42 Å². The van der Waals surface area contributed by atoms with Crippen molar-refractivity contribution in [1.82, 2.24) is 9.78 Å². The Labute approximate surface area is 142 Å². The number of sulfone groups is 1. The van der Waals surface area contributed by atoms with Crippen molar-refractivity contribution in [3.63, 3.8) is 0 Å². The second-order valence-corrected chi connectivity index (χ2v) is 9.05. The Hall–Kier alpha value is -2.02. The number of benzene rings is 1. The van der Waals surface area contributed by atoms with Crippen molar-refractivity contribution < 1.29 is 13.2 Å². The number of hydrogen-bond acceptors (Lipinski definition) is 5. The SMILES string of the molecule is C[C@@]1(n2cc(CN3CCOc4ccccc43)cn2)CCS(=O)(=O)C1. The maximum Gasteiger partial charge on any atom is 0.152 e. The van der Waals surface area contributed by atoms with E-state index in [9.17, 15) is 8.42 Å². The summed E-state index contributed by atoms with van der Waals surface area (Å²) in [7, 11) is -2.95. The molecule has 0 aliphatic carbocycles. The smallest absolute Gasteiger partial charge is 0.152 e. The summed E-state index contributed by atoms with van der Waals surface area (Å²) in [6.07, 6.45) is 4.45. The molecule has 1 saturated heterocycles. The highest BCUT2D eigenvalue weighted by Crippen LogP contribution is 2.33. The van der Waals surface area contributed by atoms with E-state index in [4.69, 9.17) is 4.74 Å². The standard InChI is InChI=1S/C17H21N3O3S/c1-17(6-9-24(21,22)13-17)20-12-14(10-18-20)11-19-7-8-23-16-5-3-2-4-15(16)19/h2-5,10,12H,6-9,11,13H2,1H3/t17-/m1/s1. The number of fused-ring (bicyclic) bond motifs is 1. The third kappa shape index (κ3) is 2.77. The zero-order valence-electron chi connectivity index (χ0n) is 13.7. The van der Waals surface area contributed by atoms with Crippen molar-refractivity contribution in [2.75, 3.05) is 29.6 Å². The van der Waals surface area contributed by atoms with Crippen molar-refractivity contribution in [2.45, 2.75) is 25.4 Å². The van der Waals surface area contributed by atoms with Gasteiger partial charge in [0.25, 0.3) is 0 Å². The minimum Gasteiger partial charge on any atom is -0.490 e. The molecule has 0 N–H and O–H groups in total. The molecule has 0 bridgehead atoms. The number of hydrogen-bond donors (Lipinski definition) is 0. The van der Waals surface area contributed by atoms with Crippen LogP contribution >= 0.6 is 0 Å². The molecule has 1 aromatic heterocycles. The fourth-order valence-corrected chi connectivity index (χ4v) is 5.64. The zero-order chi connectivity index (χ0) is 16.8. The quantitative estimate of drug-likeness (QED) is 0.847. The van der Waals surface area contributed by atoms with E-state index in [0.717, 1.165) is 30.1 Å². The minimum absolute atomic E-state index is 0.168. The van der Waals surface area contributed by atoms with Crippen molar-refractivity contribution in [1.29, 1.82) is 0 Å². The summed E-state index contributed by atoms with van der Waals surface area (Å²) >= 11 is 0. The first-order valence-electron chi connectivity index (χ1n) is 8.16. The molecular weight excluding hydrogens is 326 g/mol. The van der Waals surface area contributed by atoms with Crippen LogP contribution in [0, 0.1) is 0 Å². The molecule has 1 aromatic carbocycles. The largest absolute Gasteiger partial charge is 0.490 e. The van der Waals surface area contributed by atoms with Gasteiger partial charge in [-0.15, -0.1) is 0 Å². The van der Waals surface area contributed by atoms with Gasteiger partial charge < -0.3 is 9.64 Å². The Kier molecular flexibility index (Phi) is 3.56. The van der Waals surface area contributed by atoms with Crippen LogP contribution in [0.5, 0.6) is 5.75 Å². The van der Waals surface area contributed by atoms with Crippen LogP contribution in [0.25, 0.3) is 0 Å². The Morgan fingerprint density at radius 2 is 2.17 bits per heavy atom. The molecule has 2 aromatic rings. The van der Waals surface area contributed by atoms with Gasteiger partial charge in [0.15, 0.2) is 9.84 Å². The van der Waals surface area contributed by atoms with Gasteiger partial charge in [0.2, 0.25) is 0 Å². The molecule has 1 atom stereocenters. The summed E-state index contributed by atoms with van der Waals surface area (Å²) in [6, 6.07) is 8.02. The molecule has 0 radical (unpaired) electrons. The summed E-state index contributed by atoms with van der Waals surface area (Å²) in [5.74, 6) is 1.32. The molecule has 0 unspecified atom stereocenters. The van der Waals surface area contributed by atoms with Gasteiger partial charge in [0, 0.05) is 18.3 Å². The molecular formula is C17H21N3O3S. The van der Waals surface area contributed by atoms with Crippen LogP contribution < -0.4 is 9.64 Å². The van der Waals surface area contributed by atoms with E-state index in [1.807, 2.05) is 42.2 Å². The number of nitrogens with zero attached hydrogens (tertiary/aromatic N) is 3. The van der Waals surface area contributed by atoms with Crippen molar-refractivity contribution in [3.05, 3.63) is 42.2 Å². The van der Waals surface area contributed by atoms with E-state index in [1.165, 1.54) is 0 Å². The highest BCUT2D eigenvalue weighted by atomic mass is 32.2. The zero-order valence-corrected chi connectivity index (χ0v) is 14.5. The van der Waals surface area contributed by atoms with E-state index < -0.39 is 15.4 Å². The molecule has 2 aliphatic rings. The Bertz CT molecular complexity index is 861. The number of aromatic nitrogens is 2. The highest BCUT2D eigenvalue weighted by molar-refractivity contribution is 7.91. The number of anilines is 1. The van der Waals surface area contributed by atoms with Gasteiger partial charge in [0.05, 0.1) is 35.5 Å². The summed E-state index contributed by atoms with van der Waals surface area (Å²) in [5.41, 5.74) is 1.74. The average Bonchev–Trinajstić information content (AvgIpc) is 3.13. The Balaban J connectivity index is 1.55. The fraction of sp³-hybridized carbons (Fsp3) is 0.471. The predicted octanol–water partition coefficient (Wildman–Crippen LogP) is 1.82. The number of rotatable bonds is 3. The van der Waals surface area contributed by atoms with Gasteiger partial charge >= 0.3 is 0 Å². The van der Waals surface area contributed by atoms with E-state index in [0.29, 0.717) is 13.0 Å². The molecule has 2 aliphatic heterocycles. The molecule has 0 saturated carbocycles. The van der Waals surface area contributed by atoms with E-state index in [-0.39, 0.29) is 11.5 Å². The lowest BCUT2D eigenvalue weighted by molar-refractivity contribution is 0.306. The second-order valence-electron chi connectivity index (χ2n) is 6.87.